The molecule has 0 radical (unpaired) electrons. The minimum absolute atomic E-state index is 0.0519. The minimum atomic E-state index is -0.554. The SMILES string of the molecule is COc1ccc(CN2CCNC(=O)C2(C)C)cc1OC[C@@H](O)CN1CCCCCCC1. The second-order valence-electron chi connectivity index (χ2n) is 9.25. The summed E-state index contributed by atoms with van der Waals surface area (Å²) < 4.78 is 11.5. The third kappa shape index (κ3) is 6.57. The molecule has 2 saturated heterocycles. The van der Waals surface area contributed by atoms with Gasteiger partial charge in [-0.1, -0.05) is 25.3 Å². The van der Waals surface area contributed by atoms with Gasteiger partial charge in [0.1, 0.15) is 12.7 Å². The van der Waals surface area contributed by atoms with Crippen LogP contribution in [0.3, 0.4) is 0 Å². The predicted octanol–water partition coefficient (Wildman–Crippen LogP) is 2.41. The quantitative estimate of drug-likeness (QED) is 0.656. The van der Waals surface area contributed by atoms with E-state index < -0.39 is 11.6 Å². The van der Waals surface area contributed by atoms with Crippen molar-refractivity contribution in [2.75, 3.05) is 46.4 Å². The Morgan fingerprint density at radius 1 is 1.10 bits per heavy atom. The van der Waals surface area contributed by atoms with Gasteiger partial charge in [-0.3, -0.25) is 9.69 Å². The number of carbonyl (C=O) groups excluding carboxylic acids is 1. The molecule has 7 heteroatoms. The summed E-state index contributed by atoms with van der Waals surface area (Å²) in [5, 5.41) is 13.5. The monoisotopic (exact) mass is 433 g/mol. The molecule has 1 amide bonds. The summed E-state index contributed by atoms with van der Waals surface area (Å²) in [6.07, 6.45) is 5.75. The number of piperazine rings is 1. The number of nitrogens with one attached hydrogen (secondary N) is 1. The van der Waals surface area contributed by atoms with Gasteiger partial charge in [0.15, 0.2) is 11.5 Å². The highest BCUT2D eigenvalue weighted by atomic mass is 16.5. The maximum Gasteiger partial charge on any atom is 0.240 e. The number of aliphatic hydroxyl groups is 1. The van der Waals surface area contributed by atoms with Crippen molar-refractivity contribution in [2.24, 2.45) is 0 Å². The molecule has 7 nitrogen and oxygen atoms in total. The van der Waals surface area contributed by atoms with Gasteiger partial charge in [-0.25, -0.2) is 0 Å². The van der Waals surface area contributed by atoms with Gasteiger partial charge in [0.05, 0.1) is 12.6 Å². The summed E-state index contributed by atoms with van der Waals surface area (Å²) in [4.78, 5) is 16.8. The van der Waals surface area contributed by atoms with Gasteiger partial charge in [0.25, 0.3) is 0 Å². The van der Waals surface area contributed by atoms with Gasteiger partial charge >= 0.3 is 0 Å². The van der Waals surface area contributed by atoms with Crippen molar-refractivity contribution < 1.29 is 19.4 Å². The molecule has 2 aliphatic heterocycles. The molecule has 0 spiro atoms. The van der Waals surface area contributed by atoms with Gasteiger partial charge in [-0.2, -0.15) is 0 Å². The lowest BCUT2D eigenvalue weighted by atomic mass is 9.98. The molecular weight excluding hydrogens is 394 g/mol. The number of hydrogen-bond acceptors (Lipinski definition) is 6. The van der Waals surface area contributed by atoms with Crippen LogP contribution in [0.15, 0.2) is 18.2 Å². The molecule has 0 unspecified atom stereocenters. The number of aliphatic hydroxyl groups excluding tert-OH is 1. The van der Waals surface area contributed by atoms with E-state index in [1.165, 1.54) is 32.1 Å². The van der Waals surface area contributed by atoms with E-state index in [2.05, 4.69) is 15.1 Å². The van der Waals surface area contributed by atoms with E-state index >= 15 is 0 Å². The van der Waals surface area contributed by atoms with Gasteiger partial charge in [-0.15, -0.1) is 0 Å². The Balaban J connectivity index is 1.59. The van der Waals surface area contributed by atoms with Crippen LogP contribution in [0.4, 0.5) is 0 Å². The van der Waals surface area contributed by atoms with Crippen LogP contribution in [0, 0.1) is 0 Å². The number of carbonyl (C=O) groups is 1. The Morgan fingerprint density at radius 3 is 2.52 bits per heavy atom. The summed E-state index contributed by atoms with van der Waals surface area (Å²) in [6, 6.07) is 5.86. The molecule has 2 N–H and O–H groups in total. The summed E-state index contributed by atoms with van der Waals surface area (Å²) in [5.74, 6) is 1.33. The lowest BCUT2D eigenvalue weighted by Gasteiger charge is -2.41. The minimum Gasteiger partial charge on any atom is -0.493 e. The molecule has 3 rings (SSSR count). The van der Waals surface area contributed by atoms with E-state index in [9.17, 15) is 9.90 Å². The van der Waals surface area contributed by atoms with E-state index in [0.717, 1.165) is 25.2 Å². The lowest BCUT2D eigenvalue weighted by Crippen LogP contribution is -2.61. The standard InChI is InChI=1S/C24H39N3O4/c1-24(2)23(29)25-11-14-27(24)16-19-9-10-21(30-3)22(15-19)31-18-20(28)17-26-12-7-5-4-6-8-13-26/h9-10,15,20,28H,4-8,11-14,16-18H2,1-3H3,(H,25,29)/t20-/m0/s1. The van der Waals surface area contributed by atoms with E-state index in [1.807, 2.05) is 32.0 Å². The van der Waals surface area contributed by atoms with E-state index in [-0.39, 0.29) is 12.5 Å². The smallest absolute Gasteiger partial charge is 0.240 e. The van der Waals surface area contributed by atoms with Gasteiger partial charge < -0.3 is 24.8 Å². The second-order valence-corrected chi connectivity index (χ2v) is 9.25. The predicted molar refractivity (Wildman–Crippen MR) is 122 cm³/mol. The summed E-state index contributed by atoms with van der Waals surface area (Å²) in [7, 11) is 1.62. The van der Waals surface area contributed by atoms with Crippen molar-refractivity contribution >= 4 is 5.91 Å². The summed E-state index contributed by atoms with van der Waals surface area (Å²) in [6.45, 7) is 8.97. The maximum absolute atomic E-state index is 12.2. The zero-order valence-electron chi connectivity index (χ0n) is 19.4. The number of methoxy groups -OCH3 is 1. The van der Waals surface area contributed by atoms with E-state index in [0.29, 0.717) is 31.1 Å². The van der Waals surface area contributed by atoms with Gasteiger partial charge in [0, 0.05) is 26.2 Å². The Hall–Kier alpha value is -1.83. The first-order chi connectivity index (χ1) is 14.9. The van der Waals surface area contributed by atoms with E-state index in [1.54, 1.807) is 7.11 Å². The fourth-order valence-corrected chi connectivity index (χ4v) is 4.41. The third-order valence-corrected chi connectivity index (χ3v) is 6.46. The second kappa shape index (κ2) is 11.2. The molecule has 0 aliphatic carbocycles. The number of likely N-dealkylation sites (tertiary alicyclic amines) is 1. The topological polar surface area (TPSA) is 74.3 Å². The lowest BCUT2D eigenvalue weighted by molar-refractivity contribution is -0.135. The van der Waals surface area contributed by atoms with Crippen LogP contribution in [-0.2, 0) is 11.3 Å². The van der Waals surface area contributed by atoms with Gasteiger partial charge in [-0.05, 0) is 57.5 Å². The molecular formula is C24H39N3O4. The molecule has 1 atom stereocenters. The van der Waals surface area contributed by atoms with E-state index in [4.69, 9.17) is 9.47 Å². The first-order valence-electron chi connectivity index (χ1n) is 11.6. The Labute approximate surface area is 186 Å². The number of nitrogens with zero attached hydrogens (tertiary/aromatic N) is 2. The average molecular weight is 434 g/mol. The van der Waals surface area contributed by atoms with Crippen LogP contribution in [-0.4, -0.2) is 78.9 Å². The first-order valence-corrected chi connectivity index (χ1v) is 11.6. The Kier molecular flexibility index (Phi) is 8.58. The zero-order chi connectivity index (χ0) is 22.3. The number of ether oxygens (including phenoxy) is 2. The normalized spacial score (nSPS) is 21.6. The average Bonchev–Trinajstić information content (AvgIpc) is 2.72. The first kappa shape index (κ1) is 23.8. The van der Waals surface area contributed by atoms with Crippen molar-refractivity contribution in [3.05, 3.63) is 23.8 Å². The highest BCUT2D eigenvalue weighted by Crippen LogP contribution is 2.30. The number of benzene rings is 1. The van der Waals surface area contributed by atoms with Crippen molar-refractivity contribution in [3.63, 3.8) is 0 Å². The van der Waals surface area contributed by atoms with Gasteiger partial charge in [0.2, 0.25) is 5.91 Å². The van der Waals surface area contributed by atoms with Crippen molar-refractivity contribution in [2.45, 2.75) is 64.1 Å². The molecule has 1 aromatic carbocycles. The van der Waals surface area contributed by atoms with Crippen molar-refractivity contribution in [1.29, 1.82) is 0 Å². The largest absolute Gasteiger partial charge is 0.493 e. The summed E-state index contributed by atoms with van der Waals surface area (Å²) >= 11 is 0. The Bertz CT molecular complexity index is 717. The van der Waals surface area contributed by atoms with Crippen LogP contribution in [0.2, 0.25) is 0 Å². The number of hydrogen-bond donors (Lipinski definition) is 2. The van der Waals surface area contributed by atoms with Crippen molar-refractivity contribution in [1.82, 2.24) is 15.1 Å². The zero-order valence-corrected chi connectivity index (χ0v) is 19.4. The van der Waals surface area contributed by atoms with Crippen molar-refractivity contribution in [3.8, 4) is 11.5 Å². The highest BCUT2D eigenvalue weighted by Gasteiger charge is 2.37. The third-order valence-electron chi connectivity index (χ3n) is 6.46. The number of rotatable bonds is 8. The fourth-order valence-electron chi connectivity index (χ4n) is 4.41. The van der Waals surface area contributed by atoms with Crippen LogP contribution in [0.25, 0.3) is 0 Å². The van der Waals surface area contributed by atoms with Crippen LogP contribution in [0.5, 0.6) is 11.5 Å². The number of β-amino-alcohol motifs (C(OH)–C–C–N with tert-alkyl or cyclic N) is 1. The molecule has 174 valence electrons. The Morgan fingerprint density at radius 2 is 1.81 bits per heavy atom. The number of amides is 1. The fraction of sp³-hybridized carbons (Fsp3) is 0.708. The molecule has 2 aliphatic rings. The molecule has 1 aromatic rings. The molecule has 0 bridgehead atoms. The molecule has 2 fully saturated rings. The molecule has 0 aromatic heterocycles. The van der Waals surface area contributed by atoms with Crippen LogP contribution < -0.4 is 14.8 Å². The summed E-state index contributed by atoms with van der Waals surface area (Å²) in [5.41, 5.74) is 0.498. The maximum atomic E-state index is 12.2. The highest BCUT2D eigenvalue weighted by molar-refractivity contribution is 5.86. The molecule has 31 heavy (non-hydrogen) atoms. The molecule has 0 saturated carbocycles. The molecule has 2 heterocycles. The van der Waals surface area contributed by atoms with Crippen LogP contribution in [0.1, 0.15) is 51.5 Å². The van der Waals surface area contributed by atoms with Crippen LogP contribution >= 0.6 is 0 Å².